The van der Waals surface area contributed by atoms with Crippen molar-refractivity contribution in [1.29, 1.82) is 0 Å². The van der Waals surface area contributed by atoms with Crippen LogP contribution in [-0.4, -0.2) is 34.5 Å². The number of rotatable bonds is 9. The maximum Gasteiger partial charge on any atom is 0.344 e. The highest BCUT2D eigenvalue weighted by atomic mass is 16.6. The molecule has 0 unspecified atom stereocenters. The largest absolute Gasteiger partial charge is 0.482 e. The van der Waals surface area contributed by atoms with Crippen molar-refractivity contribution in [3.05, 3.63) is 56.2 Å². The van der Waals surface area contributed by atoms with Gasteiger partial charge in [0, 0.05) is 6.54 Å². The third-order valence-corrected chi connectivity index (χ3v) is 4.22. The Hall–Kier alpha value is -3.36. The third-order valence-electron chi connectivity index (χ3n) is 4.22. The van der Waals surface area contributed by atoms with E-state index in [1.165, 1.54) is 0 Å². The van der Waals surface area contributed by atoms with Crippen molar-refractivity contribution >= 4 is 17.6 Å². The van der Waals surface area contributed by atoms with E-state index in [1.807, 2.05) is 32.9 Å². The van der Waals surface area contributed by atoms with Crippen molar-refractivity contribution in [1.82, 2.24) is 9.55 Å². The number of nitrogens with one attached hydrogen (secondary N) is 1. The number of carbonyl (C=O) groups excluding carboxylic acids is 2. The predicted octanol–water partition coefficient (Wildman–Crippen LogP) is 1.46. The molecule has 156 valence electrons. The second kappa shape index (κ2) is 9.72. The average molecular weight is 403 g/mol. The summed E-state index contributed by atoms with van der Waals surface area (Å²) in [6.07, 6.45) is 0.577. The summed E-state index contributed by atoms with van der Waals surface area (Å²) in [5.74, 6) is -1.06. The summed E-state index contributed by atoms with van der Waals surface area (Å²) in [6.45, 7) is 4.98. The van der Waals surface area contributed by atoms with Gasteiger partial charge in [-0.3, -0.25) is 19.1 Å². The second-order valence-electron chi connectivity index (χ2n) is 6.74. The highest BCUT2D eigenvalue weighted by molar-refractivity contribution is 6.01. The number of H-pyrrole nitrogens is 1. The van der Waals surface area contributed by atoms with Gasteiger partial charge in [0.05, 0.1) is 0 Å². The molecule has 0 fully saturated rings. The molecule has 0 spiro atoms. The molecule has 2 rings (SSSR count). The van der Waals surface area contributed by atoms with Crippen LogP contribution >= 0.6 is 0 Å². The first kappa shape index (κ1) is 21.9. The van der Waals surface area contributed by atoms with Crippen molar-refractivity contribution in [3.63, 3.8) is 0 Å². The fourth-order valence-corrected chi connectivity index (χ4v) is 2.79. The zero-order valence-electron chi connectivity index (χ0n) is 16.7. The molecule has 0 aliphatic heterocycles. The van der Waals surface area contributed by atoms with Crippen LogP contribution < -0.4 is 21.7 Å². The van der Waals surface area contributed by atoms with Gasteiger partial charge >= 0.3 is 11.7 Å². The Balaban J connectivity index is 2.03. The van der Waals surface area contributed by atoms with Gasteiger partial charge in [-0.25, -0.2) is 9.59 Å². The third kappa shape index (κ3) is 5.34. The number of hydrogen-bond acceptors (Lipinski definition) is 7. The van der Waals surface area contributed by atoms with Gasteiger partial charge in [-0.2, -0.15) is 0 Å². The van der Waals surface area contributed by atoms with E-state index in [0.29, 0.717) is 12.2 Å². The van der Waals surface area contributed by atoms with Gasteiger partial charge in [0.25, 0.3) is 5.56 Å². The number of esters is 1. The lowest BCUT2D eigenvalue weighted by atomic mass is 10.0. The van der Waals surface area contributed by atoms with Gasteiger partial charge in [-0.15, -0.1) is 0 Å². The Kier molecular flexibility index (Phi) is 7.35. The number of ether oxygens (including phenoxy) is 2. The molecule has 29 heavy (non-hydrogen) atoms. The Morgan fingerprint density at radius 2 is 1.86 bits per heavy atom. The van der Waals surface area contributed by atoms with Crippen LogP contribution in [0.25, 0.3) is 0 Å². The highest BCUT2D eigenvalue weighted by Crippen LogP contribution is 2.25. The molecular weight excluding hydrogens is 378 g/mol. The van der Waals surface area contributed by atoms with E-state index in [1.54, 1.807) is 12.1 Å². The highest BCUT2D eigenvalue weighted by Gasteiger charge is 2.20. The molecule has 1 aromatic heterocycles. The topological polar surface area (TPSA) is 133 Å². The number of nitrogens with zero attached hydrogens (tertiary/aromatic N) is 1. The van der Waals surface area contributed by atoms with Crippen molar-refractivity contribution in [2.45, 2.75) is 39.7 Å². The molecule has 1 aromatic carbocycles. The maximum absolute atomic E-state index is 12.3. The molecule has 0 amide bonds. The molecule has 3 N–H and O–H groups in total. The standard InChI is InChI=1S/C20H25N3O6/c1-4-9-23-18(21)17(19(26)22-20(23)27)14(24)10-29-16(25)11-28-15-8-6-5-7-13(15)12(2)3/h5-8,12H,4,9-11,21H2,1-3H3,(H,22,26,27). The molecule has 2 aromatic rings. The Bertz CT molecular complexity index is 1010. The molecule has 0 aliphatic rings. The minimum Gasteiger partial charge on any atom is -0.482 e. The minimum absolute atomic E-state index is 0.206. The molecular formula is C20H25N3O6. The van der Waals surface area contributed by atoms with Crippen LogP contribution in [0.5, 0.6) is 5.75 Å². The summed E-state index contributed by atoms with van der Waals surface area (Å²) in [5.41, 5.74) is 4.74. The normalized spacial score (nSPS) is 10.8. The van der Waals surface area contributed by atoms with Gasteiger partial charge in [-0.05, 0) is 24.0 Å². The molecule has 9 nitrogen and oxygen atoms in total. The molecule has 0 bridgehead atoms. The number of anilines is 1. The Morgan fingerprint density at radius 3 is 2.52 bits per heavy atom. The minimum atomic E-state index is -0.914. The van der Waals surface area contributed by atoms with Crippen LogP contribution in [0.3, 0.4) is 0 Å². The zero-order valence-corrected chi connectivity index (χ0v) is 16.7. The number of carbonyl (C=O) groups is 2. The van der Waals surface area contributed by atoms with E-state index in [2.05, 4.69) is 4.98 Å². The van der Waals surface area contributed by atoms with Crippen LogP contribution in [0.15, 0.2) is 33.9 Å². The summed E-state index contributed by atoms with van der Waals surface area (Å²) in [6, 6.07) is 7.30. The predicted molar refractivity (Wildman–Crippen MR) is 107 cm³/mol. The van der Waals surface area contributed by atoms with Gasteiger partial charge in [-0.1, -0.05) is 39.0 Å². The van der Waals surface area contributed by atoms with E-state index < -0.39 is 41.8 Å². The number of hydrogen-bond donors (Lipinski definition) is 2. The smallest absolute Gasteiger partial charge is 0.344 e. The lowest BCUT2D eigenvalue weighted by Crippen LogP contribution is -2.37. The summed E-state index contributed by atoms with van der Waals surface area (Å²) < 4.78 is 11.5. The van der Waals surface area contributed by atoms with Crippen LogP contribution in [0.2, 0.25) is 0 Å². The SMILES string of the molecule is CCCn1c(N)c(C(=O)COC(=O)COc2ccccc2C(C)C)c(=O)[nH]c1=O. The van der Waals surface area contributed by atoms with E-state index in [9.17, 15) is 19.2 Å². The zero-order chi connectivity index (χ0) is 21.6. The number of nitrogen functional groups attached to an aromatic ring is 1. The maximum atomic E-state index is 12.3. The van der Waals surface area contributed by atoms with E-state index in [4.69, 9.17) is 15.2 Å². The first-order valence-corrected chi connectivity index (χ1v) is 9.29. The quantitative estimate of drug-likeness (QED) is 0.478. The average Bonchev–Trinajstić information content (AvgIpc) is 2.67. The lowest BCUT2D eigenvalue weighted by Gasteiger charge is -2.13. The summed E-state index contributed by atoms with van der Waals surface area (Å²) in [4.78, 5) is 50.1. The monoisotopic (exact) mass is 403 g/mol. The van der Waals surface area contributed by atoms with Crippen molar-refractivity contribution in [2.24, 2.45) is 0 Å². The van der Waals surface area contributed by atoms with Crippen LogP contribution in [0.4, 0.5) is 5.82 Å². The Morgan fingerprint density at radius 1 is 1.17 bits per heavy atom. The summed E-state index contributed by atoms with van der Waals surface area (Å²) in [7, 11) is 0. The first-order valence-electron chi connectivity index (χ1n) is 9.29. The number of aromatic nitrogens is 2. The van der Waals surface area contributed by atoms with Crippen LogP contribution in [0.1, 0.15) is 49.0 Å². The van der Waals surface area contributed by atoms with E-state index in [-0.39, 0.29) is 18.3 Å². The molecule has 0 atom stereocenters. The first-order chi connectivity index (χ1) is 13.8. The van der Waals surface area contributed by atoms with E-state index in [0.717, 1.165) is 10.1 Å². The van der Waals surface area contributed by atoms with Gasteiger partial charge < -0.3 is 15.2 Å². The van der Waals surface area contributed by atoms with Crippen LogP contribution in [-0.2, 0) is 16.1 Å². The number of para-hydroxylation sites is 1. The van der Waals surface area contributed by atoms with Gasteiger partial charge in [0.2, 0.25) is 5.78 Å². The fourth-order valence-electron chi connectivity index (χ4n) is 2.79. The van der Waals surface area contributed by atoms with E-state index >= 15 is 0 Å². The molecule has 9 heteroatoms. The number of ketones is 1. The molecule has 1 heterocycles. The molecule has 0 saturated carbocycles. The van der Waals surface area contributed by atoms with Crippen molar-refractivity contribution < 1.29 is 19.1 Å². The van der Waals surface area contributed by atoms with Gasteiger partial charge in [0.1, 0.15) is 17.1 Å². The number of benzene rings is 1. The second-order valence-corrected chi connectivity index (χ2v) is 6.74. The van der Waals surface area contributed by atoms with Crippen molar-refractivity contribution in [3.8, 4) is 5.75 Å². The molecule has 0 saturated heterocycles. The lowest BCUT2D eigenvalue weighted by molar-refractivity contribution is -0.144. The molecule has 0 aliphatic carbocycles. The van der Waals surface area contributed by atoms with Crippen LogP contribution in [0, 0.1) is 0 Å². The van der Waals surface area contributed by atoms with Gasteiger partial charge in [0.15, 0.2) is 13.2 Å². The Labute approximate surface area is 167 Å². The summed E-state index contributed by atoms with van der Waals surface area (Å²) in [5, 5.41) is 0. The van der Waals surface area contributed by atoms with Crippen molar-refractivity contribution in [2.75, 3.05) is 18.9 Å². The number of Topliss-reactive ketones (excluding diaryl/α,β-unsaturated/α-hetero) is 1. The molecule has 0 radical (unpaired) electrons. The number of aromatic amines is 1. The fraction of sp³-hybridized carbons (Fsp3) is 0.400. The number of nitrogens with two attached hydrogens (primary N) is 1. The summed E-state index contributed by atoms with van der Waals surface area (Å²) >= 11 is 0.